The highest BCUT2D eigenvalue weighted by molar-refractivity contribution is 8.26. The number of hydrogen-bond donors (Lipinski definition) is 4. The maximum absolute atomic E-state index is 10.2. The molecule has 6 nitrogen and oxygen atoms in total. The van der Waals surface area contributed by atoms with Crippen molar-refractivity contribution in [3.8, 4) is 0 Å². The number of nitrogens with two attached hydrogens (primary N) is 1. The molecule has 0 saturated carbocycles. The van der Waals surface area contributed by atoms with Crippen LogP contribution in [0, 0.1) is 5.92 Å². The van der Waals surface area contributed by atoms with Gasteiger partial charge in [0.2, 0.25) is 0 Å². The van der Waals surface area contributed by atoms with Crippen molar-refractivity contribution in [2.75, 3.05) is 19.0 Å². The molecule has 0 radical (unpaired) electrons. The van der Waals surface area contributed by atoms with E-state index in [4.69, 9.17) is 15.7 Å². The molecule has 1 fully saturated rings. The van der Waals surface area contributed by atoms with Gasteiger partial charge in [-0.3, -0.25) is 9.11 Å². The Labute approximate surface area is 103 Å². The number of ether oxygens (including phenoxy) is 1. The van der Waals surface area contributed by atoms with Crippen molar-refractivity contribution in [3.63, 3.8) is 0 Å². The van der Waals surface area contributed by atoms with E-state index in [2.05, 4.69) is 5.16 Å². The molecule has 1 saturated heterocycles. The molecule has 1 aliphatic heterocycles. The number of hydrogen-bond acceptors (Lipinski definition) is 5. The number of nitrogens with zero attached hydrogens (tertiary/aromatic N) is 1. The summed E-state index contributed by atoms with van der Waals surface area (Å²) >= 11 is 0. The fourth-order valence-electron chi connectivity index (χ4n) is 1.74. The normalized spacial score (nSPS) is 21.5. The molecule has 0 amide bonds. The molecule has 0 atom stereocenters. The van der Waals surface area contributed by atoms with Gasteiger partial charge < -0.3 is 15.7 Å². The molecule has 102 valence electrons. The van der Waals surface area contributed by atoms with Gasteiger partial charge >= 0.3 is 0 Å². The Bertz CT molecular complexity index is 288. The van der Waals surface area contributed by atoms with E-state index in [1.54, 1.807) is 13.8 Å². The van der Waals surface area contributed by atoms with Crippen LogP contribution in [-0.4, -0.2) is 43.9 Å². The van der Waals surface area contributed by atoms with Gasteiger partial charge in [-0.05, 0) is 32.6 Å². The highest BCUT2D eigenvalue weighted by Gasteiger charge is 2.40. The Hall–Kier alpha value is -0.500. The van der Waals surface area contributed by atoms with E-state index in [1.165, 1.54) is 0 Å². The fourth-order valence-corrected chi connectivity index (χ4v) is 3.52. The predicted molar refractivity (Wildman–Crippen MR) is 68.7 cm³/mol. The minimum absolute atomic E-state index is 0.149. The van der Waals surface area contributed by atoms with E-state index in [0.717, 1.165) is 12.8 Å². The van der Waals surface area contributed by atoms with E-state index in [0.29, 0.717) is 13.2 Å². The summed E-state index contributed by atoms with van der Waals surface area (Å²) in [6.45, 7) is 4.47. The first kappa shape index (κ1) is 14.6. The van der Waals surface area contributed by atoms with E-state index < -0.39 is 15.3 Å². The number of rotatable bonds is 4. The Balaban J connectivity index is 2.72. The summed E-state index contributed by atoms with van der Waals surface area (Å²) < 4.78 is 24.6. The van der Waals surface area contributed by atoms with Crippen LogP contribution in [0.1, 0.15) is 26.7 Å². The summed E-state index contributed by atoms with van der Waals surface area (Å²) in [6, 6.07) is 0. The van der Waals surface area contributed by atoms with Crippen LogP contribution in [0.25, 0.3) is 0 Å². The third-order valence-electron chi connectivity index (χ3n) is 3.35. The second-order valence-electron chi connectivity index (χ2n) is 4.88. The monoisotopic (exact) mass is 266 g/mol. The minimum atomic E-state index is -2.94. The predicted octanol–water partition coefficient (Wildman–Crippen LogP) is 1.69. The average Bonchev–Trinajstić information content (AvgIpc) is 2.28. The van der Waals surface area contributed by atoms with Crippen molar-refractivity contribution in [1.82, 2.24) is 0 Å². The second-order valence-corrected chi connectivity index (χ2v) is 7.57. The summed E-state index contributed by atoms with van der Waals surface area (Å²) in [5, 5.41) is 11.6. The molecule has 0 bridgehead atoms. The van der Waals surface area contributed by atoms with Gasteiger partial charge in [0.1, 0.15) is 4.75 Å². The summed E-state index contributed by atoms with van der Waals surface area (Å²) in [7, 11) is -2.94. The van der Waals surface area contributed by atoms with E-state index in [-0.39, 0.29) is 17.5 Å². The van der Waals surface area contributed by atoms with Gasteiger partial charge in [0.15, 0.2) is 5.84 Å². The summed E-state index contributed by atoms with van der Waals surface area (Å²) in [4.78, 5) is 0. The average molecular weight is 266 g/mol. The second kappa shape index (κ2) is 5.43. The standard InChI is InChI=1S/C10H22N2O4S/c1-10(2,9(11)12-13)17(14,15)7-8-3-5-16-6-4-8/h8,13-15H,3-7H2,1-2H3,(H2,11,12). The first-order valence-corrected chi connectivity index (χ1v) is 7.34. The zero-order valence-electron chi connectivity index (χ0n) is 10.3. The van der Waals surface area contributed by atoms with Crippen molar-refractivity contribution in [1.29, 1.82) is 0 Å². The van der Waals surface area contributed by atoms with Crippen molar-refractivity contribution < 1.29 is 19.0 Å². The van der Waals surface area contributed by atoms with Gasteiger partial charge in [0, 0.05) is 19.0 Å². The zero-order chi connectivity index (χ0) is 13.1. The maximum Gasteiger partial charge on any atom is 0.164 e. The first-order chi connectivity index (χ1) is 7.81. The molecule has 7 heteroatoms. The SMILES string of the molecule is CC(C)(/C(N)=N/O)S(O)(O)CC1CCOCC1. The van der Waals surface area contributed by atoms with Crippen LogP contribution in [0.15, 0.2) is 5.16 Å². The minimum Gasteiger partial charge on any atom is -0.409 e. The largest absolute Gasteiger partial charge is 0.409 e. The molecule has 0 spiro atoms. The molecule has 0 aliphatic carbocycles. The Morgan fingerprint density at radius 3 is 2.41 bits per heavy atom. The van der Waals surface area contributed by atoms with Gasteiger partial charge in [-0.1, -0.05) is 5.16 Å². The molecule has 17 heavy (non-hydrogen) atoms. The molecule has 0 aromatic heterocycles. The van der Waals surface area contributed by atoms with Gasteiger partial charge in [-0.25, -0.2) is 0 Å². The third kappa shape index (κ3) is 3.25. The van der Waals surface area contributed by atoms with Crippen molar-refractivity contribution >= 4 is 16.4 Å². The summed E-state index contributed by atoms with van der Waals surface area (Å²) in [5.74, 6) is 0.351. The molecule has 0 aromatic carbocycles. The topological polar surface area (TPSA) is 108 Å². The molecule has 5 N–H and O–H groups in total. The van der Waals surface area contributed by atoms with Crippen LogP contribution in [0.2, 0.25) is 0 Å². The lowest BCUT2D eigenvalue weighted by atomic mass is 10.0. The Morgan fingerprint density at radius 1 is 1.41 bits per heavy atom. The maximum atomic E-state index is 10.2. The molecular weight excluding hydrogens is 244 g/mol. The third-order valence-corrected chi connectivity index (χ3v) is 6.13. The summed E-state index contributed by atoms with van der Waals surface area (Å²) in [5.41, 5.74) is 5.52. The first-order valence-electron chi connectivity index (χ1n) is 5.62. The van der Waals surface area contributed by atoms with Crippen LogP contribution in [0.4, 0.5) is 0 Å². The van der Waals surface area contributed by atoms with E-state index >= 15 is 0 Å². The van der Waals surface area contributed by atoms with Crippen LogP contribution < -0.4 is 5.73 Å². The van der Waals surface area contributed by atoms with Crippen molar-refractivity contribution in [2.24, 2.45) is 16.8 Å². The lowest BCUT2D eigenvalue weighted by Gasteiger charge is -2.47. The lowest BCUT2D eigenvalue weighted by Crippen LogP contribution is -2.45. The van der Waals surface area contributed by atoms with Gasteiger partial charge in [-0.15, -0.1) is 0 Å². The smallest absolute Gasteiger partial charge is 0.164 e. The number of oxime groups is 1. The summed E-state index contributed by atoms with van der Waals surface area (Å²) in [6.07, 6.45) is 1.64. The Morgan fingerprint density at radius 2 is 1.94 bits per heavy atom. The van der Waals surface area contributed by atoms with E-state index in [9.17, 15) is 9.11 Å². The highest BCUT2D eigenvalue weighted by atomic mass is 32.3. The highest BCUT2D eigenvalue weighted by Crippen LogP contribution is 2.54. The molecule has 1 rings (SSSR count). The zero-order valence-corrected chi connectivity index (χ0v) is 11.1. The van der Waals surface area contributed by atoms with Gasteiger partial charge in [-0.2, -0.15) is 10.6 Å². The van der Waals surface area contributed by atoms with Crippen molar-refractivity contribution in [2.45, 2.75) is 31.4 Å². The van der Waals surface area contributed by atoms with E-state index in [1.807, 2.05) is 0 Å². The molecule has 0 unspecified atom stereocenters. The van der Waals surface area contributed by atoms with Crippen LogP contribution in [0.5, 0.6) is 0 Å². The molecule has 1 aliphatic rings. The number of amidine groups is 1. The molecule has 0 aromatic rings. The fraction of sp³-hybridized carbons (Fsp3) is 0.900. The molecular formula is C10H22N2O4S. The van der Waals surface area contributed by atoms with Crippen molar-refractivity contribution in [3.05, 3.63) is 0 Å². The van der Waals surface area contributed by atoms with Gasteiger partial charge in [0.25, 0.3) is 0 Å². The Kier molecular flexibility index (Phi) is 4.65. The quantitative estimate of drug-likeness (QED) is 0.268. The van der Waals surface area contributed by atoms with Crippen LogP contribution in [-0.2, 0) is 4.74 Å². The lowest BCUT2D eigenvalue weighted by molar-refractivity contribution is 0.0718. The van der Waals surface area contributed by atoms with Crippen LogP contribution >= 0.6 is 10.6 Å². The van der Waals surface area contributed by atoms with Gasteiger partial charge in [0.05, 0.1) is 0 Å². The molecule has 1 heterocycles. The van der Waals surface area contributed by atoms with Crippen LogP contribution in [0.3, 0.4) is 0 Å².